The van der Waals surface area contributed by atoms with Crippen molar-refractivity contribution in [3.8, 4) is 0 Å². The van der Waals surface area contributed by atoms with Crippen molar-refractivity contribution in [2.75, 3.05) is 12.3 Å². The Kier molecular flexibility index (Phi) is 6.97. The average molecular weight is 434 g/mol. The molecule has 156 valence electrons. The van der Waals surface area contributed by atoms with E-state index >= 15 is 0 Å². The average Bonchev–Trinajstić information content (AvgIpc) is 3.28. The van der Waals surface area contributed by atoms with Crippen molar-refractivity contribution in [1.29, 1.82) is 0 Å². The van der Waals surface area contributed by atoms with Crippen molar-refractivity contribution < 1.29 is 14.7 Å². The summed E-state index contributed by atoms with van der Waals surface area (Å²) >= 11 is 2.79. The Morgan fingerprint density at radius 3 is 2.86 bits per heavy atom. The summed E-state index contributed by atoms with van der Waals surface area (Å²) in [7, 11) is 0. The molecule has 1 aromatic carbocycles. The number of likely N-dealkylation sites (tertiary alicyclic amines) is 1. The third kappa shape index (κ3) is 4.82. The van der Waals surface area contributed by atoms with Crippen LogP contribution in [-0.4, -0.2) is 45.2 Å². The van der Waals surface area contributed by atoms with Crippen LogP contribution in [0, 0.1) is 6.92 Å². The van der Waals surface area contributed by atoms with Gasteiger partial charge in [0.05, 0.1) is 12.1 Å². The van der Waals surface area contributed by atoms with Gasteiger partial charge in [0.1, 0.15) is 0 Å². The Labute approximate surface area is 179 Å². The SMILES string of the molecule is Cc1cccc(C(C)C)c1C(N)[C@H]1CCC(=O)N1CCSc1nc(C(=O)O)cs1. The molecule has 3 rings (SSSR count). The molecule has 1 amide bonds. The molecular formula is C21H27N3O3S2. The number of benzene rings is 1. The highest BCUT2D eigenvalue weighted by molar-refractivity contribution is 8.01. The lowest BCUT2D eigenvalue weighted by Gasteiger charge is -2.32. The molecule has 1 unspecified atom stereocenters. The number of aromatic carboxylic acids is 1. The first kappa shape index (κ1) is 21.8. The van der Waals surface area contributed by atoms with E-state index in [4.69, 9.17) is 10.8 Å². The van der Waals surface area contributed by atoms with Gasteiger partial charge in [-0.15, -0.1) is 11.3 Å². The maximum Gasteiger partial charge on any atom is 0.355 e. The molecule has 1 aliphatic rings. The molecule has 0 bridgehead atoms. The number of thioether (sulfide) groups is 1. The molecule has 2 atom stereocenters. The minimum absolute atomic E-state index is 0.0208. The molecule has 0 radical (unpaired) electrons. The predicted molar refractivity (Wildman–Crippen MR) is 117 cm³/mol. The number of hydrogen-bond donors (Lipinski definition) is 2. The van der Waals surface area contributed by atoms with Gasteiger partial charge in [-0.3, -0.25) is 4.79 Å². The maximum absolute atomic E-state index is 12.5. The highest BCUT2D eigenvalue weighted by atomic mass is 32.2. The second-order valence-electron chi connectivity index (χ2n) is 7.60. The van der Waals surface area contributed by atoms with Gasteiger partial charge in [0.15, 0.2) is 10.0 Å². The standard InChI is InChI=1S/C21H27N3O3S2/c1-12(2)14-6-4-5-13(3)18(14)19(22)16-7-8-17(25)24(16)9-10-28-21-23-15(11-29-21)20(26)27/h4-6,11-12,16,19H,7-10,22H2,1-3H3,(H,26,27)/t16-,19?/m1/s1. The van der Waals surface area contributed by atoms with Gasteiger partial charge in [0.25, 0.3) is 0 Å². The van der Waals surface area contributed by atoms with E-state index in [2.05, 4.69) is 44.0 Å². The molecule has 1 saturated heterocycles. The van der Waals surface area contributed by atoms with Gasteiger partial charge in [-0.05, 0) is 36.0 Å². The van der Waals surface area contributed by atoms with Crippen molar-refractivity contribution in [3.05, 3.63) is 46.0 Å². The van der Waals surface area contributed by atoms with Gasteiger partial charge in [0.2, 0.25) is 5.91 Å². The molecule has 1 aliphatic heterocycles. The van der Waals surface area contributed by atoms with E-state index in [9.17, 15) is 9.59 Å². The molecule has 0 aliphatic carbocycles. The van der Waals surface area contributed by atoms with Crippen LogP contribution in [0.1, 0.15) is 65.8 Å². The van der Waals surface area contributed by atoms with E-state index < -0.39 is 5.97 Å². The number of nitrogens with two attached hydrogens (primary N) is 1. The number of aryl methyl sites for hydroxylation is 1. The van der Waals surface area contributed by atoms with Crippen molar-refractivity contribution in [2.24, 2.45) is 5.73 Å². The van der Waals surface area contributed by atoms with Crippen molar-refractivity contribution in [2.45, 2.75) is 56.0 Å². The summed E-state index contributed by atoms with van der Waals surface area (Å²) in [6, 6.07) is 6.04. The van der Waals surface area contributed by atoms with Crippen LogP contribution < -0.4 is 5.73 Å². The molecule has 2 aromatic rings. The first-order chi connectivity index (χ1) is 13.8. The van der Waals surface area contributed by atoms with E-state index in [0.29, 0.717) is 29.0 Å². The predicted octanol–water partition coefficient (Wildman–Crippen LogP) is 4.06. The lowest BCUT2D eigenvalue weighted by molar-refractivity contribution is -0.128. The first-order valence-corrected chi connectivity index (χ1v) is 11.6. The minimum Gasteiger partial charge on any atom is -0.476 e. The van der Waals surface area contributed by atoms with Crippen LogP contribution in [0.3, 0.4) is 0 Å². The number of carboxylic acids is 1. The second-order valence-corrected chi connectivity index (χ2v) is 9.80. The van der Waals surface area contributed by atoms with E-state index in [1.54, 1.807) is 0 Å². The third-order valence-corrected chi connectivity index (χ3v) is 7.36. The monoisotopic (exact) mass is 433 g/mol. The fraction of sp³-hybridized carbons (Fsp3) is 0.476. The molecular weight excluding hydrogens is 406 g/mol. The Balaban J connectivity index is 1.71. The molecule has 29 heavy (non-hydrogen) atoms. The number of thiazole rings is 1. The molecule has 0 spiro atoms. The minimum atomic E-state index is -1.02. The summed E-state index contributed by atoms with van der Waals surface area (Å²) in [5.74, 6) is 0.140. The van der Waals surface area contributed by atoms with E-state index in [0.717, 1.165) is 12.0 Å². The topological polar surface area (TPSA) is 96.5 Å². The molecule has 8 heteroatoms. The molecule has 3 N–H and O–H groups in total. The fourth-order valence-electron chi connectivity index (χ4n) is 3.93. The van der Waals surface area contributed by atoms with Crippen molar-refractivity contribution in [3.63, 3.8) is 0 Å². The first-order valence-electron chi connectivity index (χ1n) is 9.75. The van der Waals surface area contributed by atoms with Crippen LogP contribution in [0.4, 0.5) is 0 Å². The van der Waals surface area contributed by atoms with Crippen LogP contribution in [0.15, 0.2) is 27.9 Å². The Morgan fingerprint density at radius 1 is 1.45 bits per heavy atom. The van der Waals surface area contributed by atoms with Crippen molar-refractivity contribution >= 4 is 35.0 Å². The number of carbonyl (C=O) groups excluding carboxylic acids is 1. The van der Waals surface area contributed by atoms with Gasteiger partial charge in [-0.1, -0.05) is 43.8 Å². The van der Waals surface area contributed by atoms with Gasteiger partial charge in [-0.2, -0.15) is 0 Å². The Bertz CT molecular complexity index is 897. The zero-order chi connectivity index (χ0) is 21.1. The normalized spacial score (nSPS) is 17.9. The van der Waals surface area contributed by atoms with E-state index in [1.807, 2.05) is 4.90 Å². The van der Waals surface area contributed by atoms with Crippen LogP contribution >= 0.6 is 23.1 Å². The van der Waals surface area contributed by atoms with E-state index in [-0.39, 0.29) is 23.7 Å². The van der Waals surface area contributed by atoms with Gasteiger partial charge in [0, 0.05) is 24.1 Å². The highest BCUT2D eigenvalue weighted by Gasteiger charge is 2.36. The zero-order valence-corrected chi connectivity index (χ0v) is 18.6. The summed E-state index contributed by atoms with van der Waals surface area (Å²) in [6.45, 7) is 6.99. The van der Waals surface area contributed by atoms with Gasteiger partial charge in [-0.25, -0.2) is 9.78 Å². The summed E-state index contributed by atoms with van der Waals surface area (Å²) in [4.78, 5) is 29.5. The molecule has 2 heterocycles. The number of aromatic nitrogens is 1. The smallest absolute Gasteiger partial charge is 0.355 e. The zero-order valence-electron chi connectivity index (χ0n) is 16.9. The van der Waals surface area contributed by atoms with Gasteiger partial charge >= 0.3 is 5.97 Å². The number of carboxylic acid groups (broad SMARTS) is 1. The molecule has 0 saturated carbocycles. The van der Waals surface area contributed by atoms with E-state index in [1.165, 1.54) is 39.6 Å². The quantitative estimate of drug-likeness (QED) is 0.610. The Morgan fingerprint density at radius 2 is 2.21 bits per heavy atom. The van der Waals surface area contributed by atoms with Gasteiger partial charge < -0.3 is 15.7 Å². The second kappa shape index (κ2) is 9.28. The van der Waals surface area contributed by atoms with Crippen LogP contribution in [0.5, 0.6) is 0 Å². The number of hydrogen-bond acceptors (Lipinski definition) is 6. The number of amides is 1. The lowest BCUT2D eigenvalue weighted by Crippen LogP contribution is -2.42. The number of nitrogens with zero attached hydrogens (tertiary/aromatic N) is 2. The molecule has 1 fully saturated rings. The maximum atomic E-state index is 12.5. The summed E-state index contributed by atoms with van der Waals surface area (Å²) < 4.78 is 0.705. The third-order valence-electron chi connectivity index (χ3n) is 5.36. The lowest BCUT2D eigenvalue weighted by atomic mass is 9.86. The summed E-state index contributed by atoms with van der Waals surface area (Å²) in [5.41, 5.74) is 10.4. The summed E-state index contributed by atoms with van der Waals surface area (Å²) in [6.07, 6.45) is 1.28. The number of carbonyl (C=O) groups is 2. The van der Waals surface area contributed by atoms with Crippen LogP contribution in [0.2, 0.25) is 0 Å². The van der Waals surface area contributed by atoms with Crippen LogP contribution in [-0.2, 0) is 4.79 Å². The van der Waals surface area contributed by atoms with Crippen molar-refractivity contribution in [1.82, 2.24) is 9.88 Å². The fourth-order valence-corrected chi connectivity index (χ4v) is 5.74. The Hall–Kier alpha value is -1.90. The van der Waals surface area contributed by atoms with Crippen LogP contribution in [0.25, 0.3) is 0 Å². The summed E-state index contributed by atoms with van der Waals surface area (Å²) in [5, 5.41) is 10.5. The number of rotatable bonds is 8. The molecule has 6 nitrogen and oxygen atoms in total. The molecule has 1 aromatic heterocycles. The largest absolute Gasteiger partial charge is 0.476 e. The highest BCUT2D eigenvalue weighted by Crippen LogP contribution is 2.35.